The average Bonchev–Trinajstić information content (AvgIpc) is 3.44. The van der Waals surface area contributed by atoms with Crippen LogP contribution in [-0.2, 0) is 24.6 Å². The molecule has 1 saturated carbocycles. The number of aromatic carboxylic acids is 1. The summed E-state index contributed by atoms with van der Waals surface area (Å²) < 4.78 is 6.29. The number of ether oxygens (including phenoxy) is 1. The fourth-order valence-electron chi connectivity index (χ4n) is 9.29. The lowest BCUT2D eigenvalue weighted by molar-refractivity contribution is -0.135. The highest BCUT2D eigenvalue weighted by molar-refractivity contribution is 9.13. The molecule has 10 nitrogen and oxygen atoms in total. The van der Waals surface area contributed by atoms with Crippen molar-refractivity contribution in [3.63, 3.8) is 0 Å². The van der Waals surface area contributed by atoms with Crippen molar-refractivity contribution < 1.29 is 44.0 Å². The van der Waals surface area contributed by atoms with Crippen LogP contribution in [0.25, 0.3) is 5.57 Å². The molecule has 0 bridgehead atoms. The number of aromatic hydroxyl groups is 2. The molecule has 4 aliphatic rings. The fourth-order valence-corrected chi connectivity index (χ4v) is 10.2. The Morgan fingerprint density at radius 3 is 2.20 bits per heavy atom. The van der Waals surface area contributed by atoms with Crippen LogP contribution < -0.4 is 9.64 Å². The van der Waals surface area contributed by atoms with Gasteiger partial charge in [0.2, 0.25) is 11.8 Å². The van der Waals surface area contributed by atoms with Crippen LogP contribution in [-0.4, -0.2) is 51.8 Å². The van der Waals surface area contributed by atoms with E-state index in [0.717, 1.165) is 17.0 Å². The molecule has 1 saturated heterocycles. The van der Waals surface area contributed by atoms with Gasteiger partial charge in [-0.25, -0.2) is 9.69 Å². The number of anilines is 1. The Kier molecular flexibility index (Phi) is 8.73. The van der Waals surface area contributed by atoms with Crippen molar-refractivity contribution >= 4 is 72.5 Å². The Bertz CT molecular complexity index is 2370. The maximum Gasteiger partial charge on any atom is 0.339 e. The van der Waals surface area contributed by atoms with Gasteiger partial charge in [0.15, 0.2) is 23.1 Å². The van der Waals surface area contributed by atoms with Gasteiger partial charge in [-0.15, -0.1) is 0 Å². The second kappa shape index (κ2) is 13.2. The number of benzene rings is 4. The summed E-state index contributed by atoms with van der Waals surface area (Å²) in [4.78, 5) is 71.8. The van der Waals surface area contributed by atoms with Crippen molar-refractivity contribution in [1.29, 1.82) is 0 Å². The van der Waals surface area contributed by atoms with Crippen LogP contribution in [0.3, 0.4) is 0 Å². The van der Waals surface area contributed by atoms with Crippen molar-refractivity contribution in [3.8, 4) is 17.2 Å². The third kappa shape index (κ3) is 5.06. The average molecular weight is 854 g/mol. The largest absolute Gasteiger partial charge is 0.507 e. The van der Waals surface area contributed by atoms with Crippen LogP contribution >= 0.6 is 31.9 Å². The smallest absolute Gasteiger partial charge is 0.339 e. The van der Waals surface area contributed by atoms with Crippen molar-refractivity contribution in [1.82, 2.24) is 0 Å². The molecule has 3 N–H and O–H groups in total. The molecule has 54 heavy (non-hydrogen) atoms. The summed E-state index contributed by atoms with van der Waals surface area (Å²) in [6.07, 6.45) is 3.55. The highest BCUT2D eigenvalue weighted by Gasteiger charge is 2.66. The minimum atomic E-state index is -1.51. The van der Waals surface area contributed by atoms with Gasteiger partial charge in [-0.2, -0.15) is 0 Å². The maximum absolute atomic E-state index is 15.3. The highest BCUT2D eigenvalue weighted by Crippen LogP contribution is 2.65. The van der Waals surface area contributed by atoms with Gasteiger partial charge in [0.1, 0.15) is 11.3 Å². The normalized spacial score (nSPS) is 26.1. The lowest BCUT2D eigenvalue weighted by Crippen LogP contribution is -2.59. The summed E-state index contributed by atoms with van der Waals surface area (Å²) in [5, 5.41) is 31.0. The van der Waals surface area contributed by atoms with Crippen LogP contribution in [0, 0.1) is 23.7 Å². The summed E-state index contributed by atoms with van der Waals surface area (Å²) in [6, 6.07) is 23.2. The molecule has 2 amide bonds. The minimum absolute atomic E-state index is 0.0302. The van der Waals surface area contributed by atoms with E-state index >= 15 is 9.59 Å². The van der Waals surface area contributed by atoms with Crippen LogP contribution in [0.4, 0.5) is 5.69 Å². The number of allylic oxidation sites excluding steroid dienone is 4. The van der Waals surface area contributed by atoms with Gasteiger partial charge in [0.05, 0.1) is 34.5 Å². The zero-order chi connectivity index (χ0) is 38.2. The molecule has 3 aliphatic carbocycles. The molecular weight excluding hydrogens is 822 g/mol. The molecule has 2 fully saturated rings. The fraction of sp³-hybridized carbons (Fsp3) is 0.214. The van der Waals surface area contributed by atoms with Gasteiger partial charge in [-0.05, 0) is 91.6 Å². The topological polar surface area (TPSA) is 159 Å². The molecular formula is C42H31Br2NO9. The number of carboxylic acids is 1. The molecule has 6 atom stereocenters. The van der Waals surface area contributed by atoms with E-state index in [2.05, 4.69) is 31.9 Å². The molecule has 1 aliphatic heterocycles. The van der Waals surface area contributed by atoms with E-state index in [9.17, 15) is 29.7 Å². The number of nitrogens with zero attached hydrogens (tertiary/aromatic N) is 1. The predicted molar refractivity (Wildman–Crippen MR) is 204 cm³/mol. The Balaban J connectivity index is 1.37. The number of carbonyl (C=O) groups excluding carboxylic acids is 4. The Morgan fingerprint density at radius 2 is 1.56 bits per heavy atom. The van der Waals surface area contributed by atoms with Crippen LogP contribution in [0.15, 0.2) is 112 Å². The van der Waals surface area contributed by atoms with Crippen molar-refractivity contribution in [2.45, 2.75) is 24.2 Å². The van der Waals surface area contributed by atoms with Crippen molar-refractivity contribution in [2.75, 3.05) is 12.0 Å². The first-order chi connectivity index (χ1) is 25.9. The summed E-state index contributed by atoms with van der Waals surface area (Å²) >= 11 is 7.19. The van der Waals surface area contributed by atoms with E-state index in [1.165, 1.54) is 19.3 Å². The lowest BCUT2D eigenvalue weighted by atomic mass is 9.44. The monoisotopic (exact) mass is 851 g/mol. The number of phenols is 2. The molecule has 4 aromatic carbocycles. The highest BCUT2D eigenvalue weighted by atomic mass is 79.9. The minimum Gasteiger partial charge on any atom is -0.507 e. The SMILES string of the molecule is COc1cc(C2C3=CCC4C(=O)N(c5ccc(C(=O)O)c(O)c5)C(=O)C4C3CC3C(=O)C(c4ccccc4)=CC(=O)C32c2ccccc2)c(Br)c(Br)c1O. The zero-order valence-electron chi connectivity index (χ0n) is 28.5. The third-order valence-corrected chi connectivity index (χ3v) is 13.7. The molecule has 0 radical (unpaired) electrons. The first-order valence-electron chi connectivity index (χ1n) is 17.2. The van der Waals surface area contributed by atoms with Crippen LogP contribution in [0.5, 0.6) is 17.2 Å². The Labute approximate surface area is 326 Å². The summed E-state index contributed by atoms with van der Waals surface area (Å²) in [7, 11) is 1.41. The number of hydrogen-bond donors (Lipinski definition) is 3. The number of halogens is 2. The van der Waals surface area contributed by atoms with Crippen molar-refractivity contribution in [3.05, 3.63) is 134 Å². The standard InChI is InChI=1S/C42H31Br2NO9/c1-54-31-18-28(35(43)36(44)38(31)49)34-23-14-15-25-33(40(51)45(39(25)50)22-12-13-24(41(52)53)30(46)16-22)27(23)17-29-37(48)26(20-8-4-2-5-9-20)19-32(47)42(29,34)21-10-6-3-7-11-21/h2-14,16,18-19,25,27,29,33-34,46,49H,15,17H2,1H3,(H,52,53). The second-order valence-corrected chi connectivity index (χ2v) is 15.5. The Hall–Kier alpha value is -5.33. The first kappa shape index (κ1) is 35.7. The van der Waals surface area contributed by atoms with E-state index < -0.39 is 58.5 Å². The quantitative estimate of drug-likeness (QED) is 0.133. The molecule has 0 aromatic heterocycles. The molecule has 4 aromatic rings. The first-order valence-corrected chi connectivity index (χ1v) is 18.8. The van der Waals surface area contributed by atoms with E-state index in [4.69, 9.17) is 4.74 Å². The second-order valence-electron chi connectivity index (χ2n) is 14.0. The summed E-state index contributed by atoms with van der Waals surface area (Å²) in [5.74, 6) is -7.99. The predicted octanol–water partition coefficient (Wildman–Crippen LogP) is 7.36. The van der Waals surface area contributed by atoms with Crippen LogP contribution in [0.2, 0.25) is 0 Å². The number of fused-ring (bicyclic) bond motifs is 4. The number of carbonyl (C=O) groups is 5. The molecule has 272 valence electrons. The van der Waals surface area contributed by atoms with Gasteiger partial charge in [-0.3, -0.25) is 19.2 Å². The van der Waals surface area contributed by atoms with Gasteiger partial charge in [0.25, 0.3) is 0 Å². The van der Waals surface area contributed by atoms with E-state index in [0.29, 0.717) is 26.7 Å². The van der Waals surface area contributed by atoms with Gasteiger partial charge >= 0.3 is 5.97 Å². The Morgan fingerprint density at radius 1 is 0.870 bits per heavy atom. The van der Waals surface area contributed by atoms with E-state index in [1.807, 2.05) is 42.5 Å². The summed E-state index contributed by atoms with van der Waals surface area (Å²) in [6.45, 7) is 0. The number of ketones is 2. The summed E-state index contributed by atoms with van der Waals surface area (Å²) in [5.41, 5.74) is 0.792. The van der Waals surface area contributed by atoms with Gasteiger partial charge < -0.3 is 20.1 Å². The number of hydrogen-bond acceptors (Lipinski definition) is 8. The van der Waals surface area contributed by atoms with E-state index in [1.54, 1.807) is 30.3 Å². The number of rotatable bonds is 6. The number of phenolic OH excluding ortho intramolecular Hbond substituents is 1. The molecule has 8 rings (SSSR count). The number of methoxy groups -OCH3 is 1. The molecule has 1 heterocycles. The lowest BCUT2D eigenvalue weighted by Gasteiger charge is -2.55. The van der Waals surface area contributed by atoms with E-state index in [-0.39, 0.29) is 57.2 Å². The number of Topliss-reactive ketones (excluding diaryl/α,β-unsaturated/α-hetero) is 1. The number of imide groups is 1. The molecule has 12 heteroatoms. The zero-order valence-corrected chi connectivity index (χ0v) is 31.7. The molecule has 6 unspecified atom stereocenters. The number of amides is 2. The number of carboxylic acid groups (broad SMARTS) is 1. The third-order valence-electron chi connectivity index (χ3n) is 11.5. The van der Waals surface area contributed by atoms with Crippen LogP contribution in [0.1, 0.15) is 45.8 Å². The maximum atomic E-state index is 15.3. The molecule has 0 spiro atoms. The van der Waals surface area contributed by atoms with Gasteiger partial charge in [-0.1, -0.05) is 72.3 Å². The van der Waals surface area contributed by atoms with Crippen molar-refractivity contribution in [2.24, 2.45) is 23.7 Å². The van der Waals surface area contributed by atoms with Gasteiger partial charge in [0, 0.05) is 27.9 Å².